The van der Waals surface area contributed by atoms with Crippen molar-refractivity contribution in [3.05, 3.63) is 22.9 Å². The molecule has 1 aromatic rings. The van der Waals surface area contributed by atoms with Crippen LogP contribution in [0.1, 0.15) is 40.9 Å². The predicted molar refractivity (Wildman–Crippen MR) is 80.8 cm³/mol. The first-order valence-electron chi connectivity index (χ1n) is 7.26. The molecule has 1 fully saturated rings. The number of rotatable bonds is 4. The van der Waals surface area contributed by atoms with E-state index in [4.69, 9.17) is 11.5 Å². The van der Waals surface area contributed by atoms with Crippen LogP contribution in [0.4, 0.5) is 5.82 Å². The second-order valence-electron chi connectivity index (χ2n) is 5.68. The van der Waals surface area contributed by atoms with E-state index in [-0.39, 0.29) is 0 Å². The Labute approximate surface area is 120 Å². The van der Waals surface area contributed by atoms with Crippen molar-refractivity contribution in [3.8, 4) is 0 Å². The van der Waals surface area contributed by atoms with Crippen molar-refractivity contribution in [2.24, 2.45) is 17.4 Å². The number of nitrogens with zero attached hydrogens (tertiary/aromatic N) is 2. The quantitative estimate of drug-likeness (QED) is 0.869. The van der Waals surface area contributed by atoms with Gasteiger partial charge in [-0.1, -0.05) is 0 Å². The van der Waals surface area contributed by atoms with Crippen molar-refractivity contribution in [2.75, 3.05) is 24.5 Å². The molecule has 1 aromatic heterocycles. The molecule has 2 heterocycles. The molecule has 0 bridgehead atoms. The minimum Gasteiger partial charge on any atom is -0.365 e. The van der Waals surface area contributed by atoms with Crippen molar-refractivity contribution in [1.82, 2.24) is 4.98 Å². The number of amides is 1. The highest BCUT2D eigenvalue weighted by molar-refractivity contribution is 5.99. The van der Waals surface area contributed by atoms with Gasteiger partial charge in [0.05, 0.1) is 5.56 Å². The molecule has 1 saturated heterocycles. The molecule has 1 atom stereocenters. The van der Waals surface area contributed by atoms with Gasteiger partial charge in [-0.15, -0.1) is 0 Å². The first-order chi connectivity index (χ1) is 9.52. The van der Waals surface area contributed by atoms with Crippen LogP contribution in [0.25, 0.3) is 0 Å². The van der Waals surface area contributed by atoms with Crippen LogP contribution < -0.4 is 16.4 Å². The molecule has 0 aromatic carbocycles. The Bertz CT molecular complexity index is 499. The number of primary amides is 1. The molecule has 0 saturated carbocycles. The summed E-state index contributed by atoms with van der Waals surface area (Å²) in [4.78, 5) is 18.5. The van der Waals surface area contributed by atoms with E-state index in [1.165, 1.54) is 6.42 Å². The van der Waals surface area contributed by atoms with Gasteiger partial charge in [-0.25, -0.2) is 4.98 Å². The molecular formula is C15H24N4O. The van der Waals surface area contributed by atoms with Gasteiger partial charge in [-0.2, -0.15) is 0 Å². The van der Waals surface area contributed by atoms with E-state index in [1.54, 1.807) is 0 Å². The molecule has 4 N–H and O–H groups in total. The van der Waals surface area contributed by atoms with Gasteiger partial charge in [-0.3, -0.25) is 4.79 Å². The molecule has 0 radical (unpaired) electrons. The van der Waals surface area contributed by atoms with Gasteiger partial charge in [0, 0.05) is 18.8 Å². The van der Waals surface area contributed by atoms with Crippen molar-refractivity contribution in [1.29, 1.82) is 0 Å². The van der Waals surface area contributed by atoms with Gasteiger partial charge < -0.3 is 16.4 Å². The number of carbonyl (C=O) groups excluding carboxylic acids is 1. The Kier molecular flexibility index (Phi) is 4.60. The van der Waals surface area contributed by atoms with Gasteiger partial charge in [0.15, 0.2) is 0 Å². The van der Waals surface area contributed by atoms with E-state index in [0.29, 0.717) is 18.0 Å². The first kappa shape index (κ1) is 14.8. The fourth-order valence-electron chi connectivity index (χ4n) is 3.08. The van der Waals surface area contributed by atoms with Crippen LogP contribution in [0, 0.1) is 19.8 Å². The fourth-order valence-corrected chi connectivity index (χ4v) is 3.08. The van der Waals surface area contributed by atoms with Gasteiger partial charge in [-0.05, 0) is 57.2 Å². The lowest BCUT2D eigenvalue weighted by Crippen LogP contribution is -2.38. The number of aromatic nitrogens is 1. The maximum atomic E-state index is 11.7. The van der Waals surface area contributed by atoms with Gasteiger partial charge in [0.2, 0.25) is 0 Å². The van der Waals surface area contributed by atoms with E-state index in [1.807, 2.05) is 19.9 Å². The summed E-state index contributed by atoms with van der Waals surface area (Å²) in [5, 5.41) is 0. The molecule has 1 amide bonds. The smallest absolute Gasteiger partial charge is 0.252 e. The largest absolute Gasteiger partial charge is 0.365 e. The number of hydrogen-bond acceptors (Lipinski definition) is 4. The molecule has 1 aliphatic heterocycles. The fraction of sp³-hybridized carbons (Fsp3) is 0.600. The SMILES string of the molecule is Cc1cc(C)c(C(N)=O)c(N2CCCC(CCN)C2)n1. The van der Waals surface area contributed by atoms with Crippen LogP contribution in [0.2, 0.25) is 0 Å². The summed E-state index contributed by atoms with van der Waals surface area (Å²) < 4.78 is 0. The summed E-state index contributed by atoms with van der Waals surface area (Å²) in [6.07, 6.45) is 3.33. The monoisotopic (exact) mass is 276 g/mol. The first-order valence-corrected chi connectivity index (χ1v) is 7.26. The molecule has 110 valence electrons. The van der Waals surface area contributed by atoms with Gasteiger partial charge in [0.25, 0.3) is 5.91 Å². The second kappa shape index (κ2) is 6.22. The zero-order chi connectivity index (χ0) is 14.7. The van der Waals surface area contributed by atoms with E-state index >= 15 is 0 Å². The number of piperidine rings is 1. The Morgan fingerprint density at radius 3 is 2.90 bits per heavy atom. The molecule has 5 nitrogen and oxygen atoms in total. The lowest BCUT2D eigenvalue weighted by atomic mass is 9.94. The third kappa shape index (κ3) is 3.10. The number of anilines is 1. The molecule has 0 spiro atoms. The summed E-state index contributed by atoms with van der Waals surface area (Å²) in [7, 11) is 0. The highest BCUT2D eigenvalue weighted by Gasteiger charge is 2.25. The lowest BCUT2D eigenvalue weighted by molar-refractivity contribution is 0.0999. The molecule has 0 aliphatic carbocycles. The summed E-state index contributed by atoms with van der Waals surface area (Å²) in [5.74, 6) is 0.930. The zero-order valence-corrected chi connectivity index (χ0v) is 12.4. The number of aryl methyl sites for hydroxylation is 2. The predicted octanol–water partition coefficient (Wildman–Crippen LogP) is 1.36. The average Bonchev–Trinajstić information content (AvgIpc) is 2.38. The van der Waals surface area contributed by atoms with E-state index < -0.39 is 5.91 Å². The van der Waals surface area contributed by atoms with Crippen molar-refractivity contribution >= 4 is 11.7 Å². The summed E-state index contributed by atoms with van der Waals surface area (Å²) >= 11 is 0. The summed E-state index contributed by atoms with van der Waals surface area (Å²) in [6.45, 7) is 6.41. The topological polar surface area (TPSA) is 85.2 Å². The lowest BCUT2D eigenvalue weighted by Gasteiger charge is -2.34. The van der Waals surface area contributed by atoms with Crippen LogP contribution >= 0.6 is 0 Å². The Morgan fingerprint density at radius 2 is 2.25 bits per heavy atom. The number of nitrogens with two attached hydrogens (primary N) is 2. The summed E-state index contributed by atoms with van der Waals surface area (Å²) in [6, 6.07) is 1.91. The third-order valence-electron chi connectivity index (χ3n) is 3.97. The molecule has 5 heteroatoms. The van der Waals surface area contributed by atoms with Crippen LogP contribution in [-0.4, -0.2) is 30.5 Å². The van der Waals surface area contributed by atoms with Gasteiger partial charge >= 0.3 is 0 Å². The van der Waals surface area contributed by atoms with E-state index in [9.17, 15) is 4.79 Å². The van der Waals surface area contributed by atoms with E-state index in [2.05, 4.69) is 9.88 Å². The normalized spacial score (nSPS) is 19.1. The van der Waals surface area contributed by atoms with Gasteiger partial charge in [0.1, 0.15) is 5.82 Å². The third-order valence-corrected chi connectivity index (χ3v) is 3.97. The van der Waals surface area contributed by atoms with Crippen LogP contribution in [0.3, 0.4) is 0 Å². The molecule has 1 unspecified atom stereocenters. The Balaban J connectivity index is 2.33. The Morgan fingerprint density at radius 1 is 1.50 bits per heavy atom. The maximum Gasteiger partial charge on any atom is 0.252 e. The number of hydrogen-bond donors (Lipinski definition) is 2. The molecule has 20 heavy (non-hydrogen) atoms. The minimum atomic E-state index is -0.397. The standard InChI is InChI=1S/C15H24N4O/c1-10-8-11(2)18-15(13(10)14(17)20)19-7-3-4-12(9-19)5-6-16/h8,12H,3-7,9,16H2,1-2H3,(H2,17,20). The highest BCUT2D eigenvalue weighted by Crippen LogP contribution is 2.28. The highest BCUT2D eigenvalue weighted by atomic mass is 16.1. The second-order valence-corrected chi connectivity index (χ2v) is 5.68. The van der Waals surface area contributed by atoms with Crippen molar-refractivity contribution < 1.29 is 4.79 Å². The minimum absolute atomic E-state index is 0.397. The van der Waals surface area contributed by atoms with E-state index in [0.717, 1.165) is 43.0 Å². The average molecular weight is 276 g/mol. The van der Waals surface area contributed by atoms with Crippen LogP contribution in [0.15, 0.2) is 6.07 Å². The molecular weight excluding hydrogens is 252 g/mol. The molecule has 2 rings (SSSR count). The van der Waals surface area contributed by atoms with Crippen LogP contribution in [0.5, 0.6) is 0 Å². The summed E-state index contributed by atoms with van der Waals surface area (Å²) in [5.41, 5.74) is 13.6. The van der Waals surface area contributed by atoms with Crippen LogP contribution in [-0.2, 0) is 0 Å². The number of pyridine rings is 1. The molecule has 1 aliphatic rings. The zero-order valence-electron chi connectivity index (χ0n) is 12.4. The number of carbonyl (C=O) groups is 1. The maximum absolute atomic E-state index is 11.7. The van der Waals surface area contributed by atoms with Crippen molar-refractivity contribution in [3.63, 3.8) is 0 Å². The Hall–Kier alpha value is -1.62. The van der Waals surface area contributed by atoms with Crippen molar-refractivity contribution in [2.45, 2.75) is 33.1 Å².